The zero-order valence-corrected chi connectivity index (χ0v) is 12.6. The van der Waals surface area contributed by atoms with Gasteiger partial charge in [-0.1, -0.05) is 19.0 Å². The van der Waals surface area contributed by atoms with Crippen LogP contribution in [0.3, 0.4) is 0 Å². The van der Waals surface area contributed by atoms with Crippen LogP contribution in [-0.2, 0) is 12.1 Å². The quantitative estimate of drug-likeness (QED) is 0.909. The van der Waals surface area contributed by atoms with Crippen LogP contribution in [0.15, 0.2) is 4.52 Å². The molecule has 0 radical (unpaired) electrons. The molecule has 0 atom stereocenters. The van der Waals surface area contributed by atoms with E-state index in [9.17, 15) is 0 Å². The van der Waals surface area contributed by atoms with Gasteiger partial charge in [0.15, 0.2) is 5.82 Å². The first-order valence-corrected chi connectivity index (χ1v) is 7.11. The molecule has 2 N–H and O–H groups in total. The normalized spacial score (nSPS) is 21.3. The second-order valence-electron chi connectivity index (χ2n) is 7.03. The Morgan fingerprint density at radius 2 is 2.05 bits per heavy atom. The van der Waals surface area contributed by atoms with Gasteiger partial charge in [-0.25, -0.2) is 0 Å². The van der Waals surface area contributed by atoms with Crippen LogP contribution in [0.1, 0.15) is 58.7 Å². The van der Waals surface area contributed by atoms with Crippen LogP contribution in [0.2, 0.25) is 0 Å². The molecule has 0 saturated carbocycles. The summed E-state index contributed by atoms with van der Waals surface area (Å²) in [6.45, 7) is 11.4. The molecule has 1 fully saturated rings. The number of rotatable bonds is 3. The molecule has 0 unspecified atom stereocenters. The molecule has 0 aliphatic carbocycles. The van der Waals surface area contributed by atoms with Gasteiger partial charge in [0.25, 0.3) is 0 Å². The van der Waals surface area contributed by atoms with Crippen molar-refractivity contribution < 1.29 is 4.52 Å². The molecule has 0 spiro atoms. The Balaban J connectivity index is 1.96. The van der Waals surface area contributed by atoms with Crippen molar-refractivity contribution in [3.8, 4) is 0 Å². The average molecular weight is 266 g/mol. The van der Waals surface area contributed by atoms with Crippen LogP contribution in [0, 0.1) is 5.41 Å². The topological polar surface area (TPSA) is 68.2 Å². The van der Waals surface area contributed by atoms with Crippen LogP contribution in [0.4, 0.5) is 0 Å². The molecule has 5 heteroatoms. The summed E-state index contributed by atoms with van der Waals surface area (Å²) in [5.41, 5.74) is 5.88. The Morgan fingerprint density at radius 3 is 2.68 bits per heavy atom. The molecule has 2 rings (SSSR count). The number of hydrogen-bond acceptors (Lipinski definition) is 5. The van der Waals surface area contributed by atoms with Crippen molar-refractivity contribution in [3.05, 3.63) is 11.7 Å². The van der Waals surface area contributed by atoms with Gasteiger partial charge >= 0.3 is 0 Å². The first-order chi connectivity index (χ1) is 8.76. The van der Waals surface area contributed by atoms with E-state index in [1.54, 1.807) is 0 Å². The largest absolute Gasteiger partial charge is 0.338 e. The van der Waals surface area contributed by atoms with Gasteiger partial charge in [-0.2, -0.15) is 4.98 Å². The van der Waals surface area contributed by atoms with E-state index in [1.807, 2.05) is 13.8 Å². The molecule has 2 heterocycles. The van der Waals surface area contributed by atoms with Crippen molar-refractivity contribution in [2.24, 2.45) is 11.1 Å². The predicted octanol–water partition coefficient (Wildman–Crippen LogP) is 2.28. The third-order valence-corrected chi connectivity index (χ3v) is 3.84. The summed E-state index contributed by atoms with van der Waals surface area (Å²) in [7, 11) is 0. The lowest BCUT2D eigenvalue weighted by molar-refractivity contribution is 0.222. The van der Waals surface area contributed by atoms with E-state index >= 15 is 0 Å². The van der Waals surface area contributed by atoms with Crippen molar-refractivity contribution in [2.45, 2.75) is 59.0 Å². The summed E-state index contributed by atoms with van der Waals surface area (Å²) in [4.78, 5) is 6.80. The Bertz CT molecular complexity index is 419. The van der Waals surface area contributed by atoms with Gasteiger partial charge in [-0.05, 0) is 51.6 Å². The number of hydrogen-bond donors (Lipinski definition) is 1. The van der Waals surface area contributed by atoms with Crippen molar-refractivity contribution in [1.82, 2.24) is 15.0 Å². The van der Waals surface area contributed by atoms with Crippen molar-refractivity contribution >= 4 is 0 Å². The molecule has 1 aromatic rings. The van der Waals surface area contributed by atoms with Crippen LogP contribution < -0.4 is 5.73 Å². The zero-order chi connectivity index (χ0) is 14.1. The van der Waals surface area contributed by atoms with Gasteiger partial charge in [-0.3, -0.25) is 4.90 Å². The Kier molecular flexibility index (Phi) is 3.97. The summed E-state index contributed by atoms with van der Waals surface area (Å²) in [5, 5.41) is 3.97. The molecule has 1 aliphatic rings. The highest BCUT2D eigenvalue weighted by Crippen LogP contribution is 2.30. The minimum absolute atomic E-state index is 0.452. The molecule has 1 saturated heterocycles. The second-order valence-corrected chi connectivity index (χ2v) is 7.03. The maximum Gasteiger partial charge on any atom is 0.240 e. The van der Waals surface area contributed by atoms with E-state index in [-0.39, 0.29) is 0 Å². The summed E-state index contributed by atoms with van der Waals surface area (Å²) in [6.07, 6.45) is 3.74. The highest BCUT2D eigenvalue weighted by molar-refractivity contribution is 4.99. The monoisotopic (exact) mass is 266 g/mol. The maximum atomic E-state index is 5.97. The lowest BCUT2D eigenvalue weighted by Crippen LogP contribution is -2.30. The predicted molar refractivity (Wildman–Crippen MR) is 74.4 cm³/mol. The first-order valence-electron chi connectivity index (χ1n) is 7.11. The van der Waals surface area contributed by atoms with Crippen LogP contribution in [0.5, 0.6) is 0 Å². The Hall–Kier alpha value is -0.940. The van der Waals surface area contributed by atoms with Gasteiger partial charge in [0.1, 0.15) is 0 Å². The molecule has 0 aromatic carbocycles. The standard InChI is InChI=1S/C14H26N4O/c1-13(2)6-5-8-18(9-7-13)10-11-16-12(17-19-11)14(3,4)15/h5-10,15H2,1-4H3. The lowest BCUT2D eigenvalue weighted by atomic mass is 9.85. The van der Waals surface area contributed by atoms with E-state index < -0.39 is 5.54 Å². The molecule has 1 aliphatic heterocycles. The van der Waals surface area contributed by atoms with Gasteiger partial charge in [0, 0.05) is 0 Å². The minimum Gasteiger partial charge on any atom is -0.338 e. The van der Waals surface area contributed by atoms with Gasteiger partial charge in [0.2, 0.25) is 5.89 Å². The van der Waals surface area contributed by atoms with Crippen molar-refractivity contribution in [3.63, 3.8) is 0 Å². The van der Waals surface area contributed by atoms with Gasteiger partial charge < -0.3 is 10.3 Å². The van der Waals surface area contributed by atoms with E-state index in [0.29, 0.717) is 17.1 Å². The number of aromatic nitrogens is 2. The number of nitrogens with two attached hydrogens (primary N) is 1. The average Bonchev–Trinajstić information content (AvgIpc) is 2.67. The molecule has 1 aromatic heterocycles. The molecule has 19 heavy (non-hydrogen) atoms. The zero-order valence-electron chi connectivity index (χ0n) is 12.6. The molecule has 5 nitrogen and oxygen atoms in total. The Labute approximate surface area is 115 Å². The minimum atomic E-state index is -0.539. The van der Waals surface area contributed by atoms with E-state index in [0.717, 1.165) is 19.6 Å². The smallest absolute Gasteiger partial charge is 0.240 e. The van der Waals surface area contributed by atoms with Crippen molar-refractivity contribution in [1.29, 1.82) is 0 Å². The van der Waals surface area contributed by atoms with E-state index in [2.05, 4.69) is 28.9 Å². The third-order valence-electron chi connectivity index (χ3n) is 3.84. The summed E-state index contributed by atoms with van der Waals surface area (Å²) in [5.74, 6) is 1.26. The fraction of sp³-hybridized carbons (Fsp3) is 0.857. The van der Waals surface area contributed by atoms with Crippen LogP contribution >= 0.6 is 0 Å². The SMILES string of the molecule is CC1(C)CCCN(Cc2nc(C(C)(C)N)no2)CC1. The lowest BCUT2D eigenvalue weighted by Gasteiger charge is -2.22. The highest BCUT2D eigenvalue weighted by Gasteiger charge is 2.25. The molecular weight excluding hydrogens is 240 g/mol. The summed E-state index contributed by atoms with van der Waals surface area (Å²) in [6, 6.07) is 0. The van der Waals surface area contributed by atoms with Crippen LogP contribution in [-0.4, -0.2) is 28.1 Å². The fourth-order valence-corrected chi connectivity index (χ4v) is 2.41. The summed E-state index contributed by atoms with van der Waals surface area (Å²) < 4.78 is 5.30. The van der Waals surface area contributed by atoms with Crippen LogP contribution in [0.25, 0.3) is 0 Å². The Morgan fingerprint density at radius 1 is 1.32 bits per heavy atom. The third kappa shape index (κ3) is 4.01. The first kappa shape index (κ1) is 14.5. The van der Waals surface area contributed by atoms with Gasteiger partial charge in [0.05, 0.1) is 12.1 Å². The van der Waals surface area contributed by atoms with Gasteiger partial charge in [-0.15, -0.1) is 0 Å². The molecule has 0 bridgehead atoms. The second kappa shape index (κ2) is 5.21. The number of likely N-dealkylation sites (tertiary alicyclic amines) is 1. The number of nitrogens with zero attached hydrogens (tertiary/aromatic N) is 3. The highest BCUT2D eigenvalue weighted by atomic mass is 16.5. The molecule has 108 valence electrons. The van der Waals surface area contributed by atoms with E-state index in [4.69, 9.17) is 10.3 Å². The molecular formula is C14H26N4O. The molecule has 0 amide bonds. The van der Waals surface area contributed by atoms with E-state index in [1.165, 1.54) is 19.3 Å². The fourth-order valence-electron chi connectivity index (χ4n) is 2.41. The maximum absolute atomic E-state index is 5.97. The summed E-state index contributed by atoms with van der Waals surface area (Å²) >= 11 is 0. The van der Waals surface area contributed by atoms with Crippen molar-refractivity contribution in [2.75, 3.05) is 13.1 Å².